The van der Waals surface area contributed by atoms with Gasteiger partial charge in [-0.1, -0.05) is 30.3 Å². The summed E-state index contributed by atoms with van der Waals surface area (Å²) in [5, 5.41) is 0. The number of carbonyl (C=O) groups excluding carboxylic acids is 1. The van der Waals surface area contributed by atoms with Gasteiger partial charge in [0.05, 0.1) is 6.04 Å². The van der Waals surface area contributed by atoms with Crippen molar-refractivity contribution >= 4 is 5.91 Å². The van der Waals surface area contributed by atoms with Gasteiger partial charge in [-0.25, -0.2) is 0 Å². The summed E-state index contributed by atoms with van der Waals surface area (Å²) in [5.41, 5.74) is 7.71. The number of nitrogens with two attached hydrogens (primary N) is 1. The van der Waals surface area contributed by atoms with Crippen molar-refractivity contribution in [3.63, 3.8) is 0 Å². The van der Waals surface area contributed by atoms with Crippen LogP contribution in [0.4, 0.5) is 0 Å². The maximum absolute atomic E-state index is 12.5. The molecule has 1 unspecified atom stereocenters. The number of carbonyl (C=O) groups is 1. The normalized spacial score (nSPS) is 18.5. The largest absolute Gasteiger partial charge is 0.341 e. The number of nitrogens with zero attached hydrogens (tertiary/aromatic N) is 2. The van der Waals surface area contributed by atoms with Crippen molar-refractivity contribution in [1.29, 1.82) is 0 Å². The molecular formula is C15H17N3O. The molecule has 1 aliphatic heterocycles. The van der Waals surface area contributed by atoms with Crippen LogP contribution in [0, 0.1) is 0 Å². The Hall–Kier alpha value is -2.07. The monoisotopic (exact) mass is 255 g/mol. The van der Waals surface area contributed by atoms with Crippen LogP contribution in [0.5, 0.6) is 0 Å². The van der Waals surface area contributed by atoms with E-state index in [-0.39, 0.29) is 11.9 Å². The second-order valence-electron chi connectivity index (χ2n) is 4.85. The molecule has 19 heavy (non-hydrogen) atoms. The van der Waals surface area contributed by atoms with E-state index in [1.807, 2.05) is 58.1 Å². The van der Waals surface area contributed by atoms with Gasteiger partial charge >= 0.3 is 0 Å². The average molecular weight is 255 g/mol. The third kappa shape index (κ3) is 2.15. The Morgan fingerprint density at radius 2 is 1.95 bits per heavy atom. The topological polar surface area (TPSA) is 51.3 Å². The third-order valence-electron chi connectivity index (χ3n) is 3.63. The molecule has 0 saturated carbocycles. The zero-order valence-corrected chi connectivity index (χ0v) is 10.7. The van der Waals surface area contributed by atoms with Gasteiger partial charge in [0.1, 0.15) is 5.69 Å². The van der Waals surface area contributed by atoms with Crippen molar-refractivity contribution in [1.82, 2.24) is 9.47 Å². The Labute approximate surface area is 112 Å². The Bertz CT molecular complexity index is 576. The predicted octanol–water partition coefficient (Wildman–Crippen LogP) is 1.47. The molecule has 1 atom stereocenters. The van der Waals surface area contributed by atoms with E-state index in [1.165, 1.54) is 0 Å². The van der Waals surface area contributed by atoms with E-state index in [9.17, 15) is 4.79 Å². The number of fused-ring (bicyclic) bond motifs is 1. The zero-order chi connectivity index (χ0) is 13.2. The summed E-state index contributed by atoms with van der Waals surface area (Å²) >= 11 is 0. The Morgan fingerprint density at radius 1 is 1.16 bits per heavy atom. The second kappa shape index (κ2) is 4.90. The highest BCUT2D eigenvalue weighted by molar-refractivity contribution is 5.93. The lowest BCUT2D eigenvalue weighted by atomic mass is 10.1. The number of aromatic nitrogens is 1. The molecule has 1 aromatic heterocycles. The van der Waals surface area contributed by atoms with Crippen molar-refractivity contribution < 1.29 is 4.79 Å². The summed E-state index contributed by atoms with van der Waals surface area (Å²) in [6.45, 7) is 1.88. The molecule has 0 spiro atoms. The van der Waals surface area contributed by atoms with E-state index in [1.54, 1.807) is 0 Å². The molecule has 4 nitrogen and oxygen atoms in total. The van der Waals surface area contributed by atoms with Gasteiger partial charge in [0.15, 0.2) is 0 Å². The standard InChI is InChI=1S/C15H17N3O/c16-9-13-11-17-8-4-7-14(17)15(19)18(13)10-12-5-2-1-3-6-12/h1-8,13H,9-11,16H2. The van der Waals surface area contributed by atoms with E-state index in [4.69, 9.17) is 5.73 Å². The molecule has 98 valence electrons. The molecule has 1 aliphatic rings. The Balaban J connectivity index is 1.89. The average Bonchev–Trinajstić information content (AvgIpc) is 2.91. The molecule has 2 aromatic rings. The molecule has 1 amide bonds. The summed E-state index contributed by atoms with van der Waals surface area (Å²) in [4.78, 5) is 14.4. The quantitative estimate of drug-likeness (QED) is 0.903. The summed E-state index contributed by atoms with van der Waals surface area (Å²) in [6, 6.07) is 13.9. The summed E-state index contributed by atoms with van der Waals surface area (Å²) in [6.07, 6.45) is 1.94. The fourth-order valence-electron chi connectivity index (χ4n) is 2.59. The molecule has 0 aliphatic carbocycles. The highest BCUT2D eigenvalue weighted by Gasteiger charge is 2.31. The lowest BCUT2D eigenvalue weighted by Crippen LogP contribution is -2.50. The minimum atomic E-state index is 0.0626. The van der Waals surface area contributed by atoms with Crippen LogP contribution < -0.4 is 5.73 Å². The Kier molecular flexibility index (Phi) is 3.09. The third-order valence-corrected chi connectivity index (χ3v) is 3.63. The van der Waals surface area contributed by atoms with Crippen LogP contribution in [0.25, 0.3) is 0 Å². The highest BCUT2D eigenvalue weighted by atomic mass is 16.2. The lowest BCUT2D eigenvalue weighted by Gasteiger charge is -2.36. The molecule has 1 aromatic carbocycles. The van der Waals surface area contributed by atoms with Gasteiger partial charge in [0, 0.05) is 25.8 Å². The van der Waals surface area contributed by atoms with Crippen LogP contribution in [0.15, 0.2) is 48.7 Å². The molecule has 2 N–H and O–H groups in total. The highest BCUT2D eigenvalue weighted by Crippen LogP contribution is 2.20. The van der Waals surface area contributed by atoms with Gasteiger partial charge in [-0.3, -0.25) is 4.79 Å². The lowest BCUT2D eigenvalue weighted by molar-refractivity contribution is 0.0583. The van der Waals surface area contributed by atoms with Crippen molar-refractivity contribution in [2.45, 2.75) is 19.1 Å². The molecule has 0 saturated heterocycles. The second-order valence-corrected chi connectivity index (χ2v) is 4.85. The molecule has 0 bridgehead atoms. The van der Waals surface area contributed by atoms with E-state index >= 15 is 0 Å². The summed E-state index contributed by atoms with van der Waals surface area (Å²) in [5.74, 6) is 0.0653. The maximum Gasteiger partial charge on any atom is 0.271 e. The fourth-order valence-corrected chi connectivity index (χ4v) is 2.59. The van der Waals surface area contributed by atoms with E-state index in [0.717, 1.165) is 17.8 Å². The van der Waals surface area contributed by atoms with Crippen LogP contribution in [-0.4, -0.2) is 28.0 Å². The van der Waals surface area contributed by atoms with Gasteiger partial charge in [-0.05, 0) is 17.7 Å². The van der Waals surface area contributed by atoms with Gasteiger partial charge in [0.2, 0.25) is 0 Å². The fraction of sp³-hybridized carbons (Fsp3) is 0.267. The van der Waals surface area contributed by atoms with Crippen LogP contribution in [-0.2, 0) is 13.1 Å². The summed E-state index contributed by atoms with van der Waals surface area (Å²) in [7, 11) is 0. The van der Waals surface area contributed by atoms with Crippen LogP contribution in [0.1, 0.15) is 16.1 Å². The van der Waals surface area contributed by atoms with Crippen LogP contribution in [0.3, 0.4) is 0 Å². The summed E-state index contributed by atoms with van der Waals surface area (Å²) < 4.78 is 1.99. The number of hydrogen-bond donors (Lipinski definition) is 1. The zero-order valence-electron chi connectivity index (χ0n) is 10.7. The van der Waals surface area contributed by atoms with Crippen LogP contribution in [0.2, 0.25) is 0 Å². The molecular weight excluding hydrogens is 238 g/mol. The van der Waals surface area contributed by atoms with Crippen molar-refractivity contribution in [2.75, 3.05) is 6.54 Å². The first-order chi connectivity index (χ1) is 9.29. The van der Waals surface area contributed by atoms with Crippen LogP contribution >= 0.6 is 0 Å². The van der Waals surface area contributed by atoms with Gasteiger partial charge in [-0.15, -0.1) is 0 Å². The molecule has 4 heteroatoms. The minimum Gasteiger partial charge on any atom is -0.341 e. The van der Waals surface area contributed by atoms with Crippen molar-refractivity contribution in [3.8, 4) is 0 Å². The van der Waals surface area contributed by atoms with E-state index in [2.05, 4.69) is 0 Å². The minimum absolute atomic E-state index is 0.0626. The van der Waals surface area contributed by atoms with Crippen molar-refractivity contribution in [2.24, 2.45) is 5.73 Å². The molecule has 0 radical (unpaired) electrons. The van der Waals surface area contributed by atoms with Gasteiger partial charge < -0.3 is 15.2 Å². The first kappa shape index (κ1) is 12.0. The van der Waals surface area contributed by atoms with E-state index < -0.39 is 0 Å². The number of benzene rings is 1. The number of hydrogen-bond acceptors (Lipinski definition) is 2. The Morgan fingerprint density at radius 3 is 2.68 bits per heavy atom. The first-order valence-electron chi connectivity index (χ1n) is 6.49. The van der Waals surface area contributed by atoms with Gasteiger partial charge in [-0.2, -0.15) is 0 Å². The maximum atomic E-state index is 12.5. The van der Waals surface area contributed by atoms with Gasteiger partial charge in [0.25, 0.3) is 5.91 Å². The van der Waals surface area contributed by atoms with E-state index in [0.29, 0.717) is 13.1 Å². The van der Waals surface area contributed by atoms with Crippen molar-refractivity contribution in [3.05, 3.63) is 59.9 Å². The molecule has 3 rings (SSSR count). The SMILES string of the molecule is NCC1Cn2cccc2C(=O)N1Cc1ccccc1. The predicted molar refractivity (Wildman–Crippen MR) is 73.6 cm³/mol. The molecule has 2 heterocycles. The smallest absolute Gasteiger partial charge is 0.271 e. The first-order valence-corrected chi connectivity index (χ1v) is 6.49. The number of rotatable bonds is 3. The number of amides is 1. The molecule has 0 fully saturated rings.